The maximum Gasteiger partial charge on any atom is 0.270 e. The maximum absolute atomic E-state index is 13.6. The van der Waals surface area contributed by atoms with Crippen molar-refractivity contribution in [1.82, 2.24) is 4.90 Å². The van der Waals surface area contributed by atoms with Gasteiger partial charge in [-0.05, 0) is 24.6 Å². The van der Waals surface area contributed by atoms with Crippen LogP contribution >= 0.6 is 11.3 Å². The van der Waals surface area contributed by atoms with Crippen LogP contribution in [0.4, 0.5) is 13.8 Å². The van der Waals surface area contributed by atoms with Crippen LogP contribution in [0.3, 0.4) is 0 Å². The molecule has 0 unspecified atom stereocenters. The summed E-state index contributed by atoms with van der Waals surface area (Å²) in [5.41, 5.74) is 5.59. The average Bonchev–Trinajstić information content (AvgIpc) is 3.09. The molecule has 1 aliphatic rings. The van der Waals surface area contributed by atoms with Gasteiger partial charge in [0.1, 0.15) is 5.54 Å². The predicted octanol–water partition coefficient (Wildman–Crippen LogP) is 3.69. The zero-order valence-corrected chi connectivity index (χ0v) is 16.4. The summed E-state index contributed by atoms with van der Waals surface area (Å²) in [5, 5.41) is 4.01. The van der Waals surface area contributed by atoms with Crippen LogP contribution in [0.15, 0.2) is 41.4 Å². The fraction of sp³-hybridized carbons (Fsp3) is 0.368. The Labute approximate surface area is 160 Å². The fourth-order valence-corrected chi connectivity index (χ4v) is 4.28. The topological polar surface area (TPSA) is 70.7 Å². The highest BCUT2D eigenvalue weighted by Gasteiger charge is 2.48. The van der Waals surface area contributed by atoms with Gasteiger partial charge in [0.05, 0.1) is 10.9 Å². The molecule has 1 amide bonds. The van der Waals surface area contributed by atoms with Gasteiger partial charge >= 0.3 is 0 Å². The summed E-state index contributed by atoms with van der Waals surface area (Å²) in [7, 11) is 3.38. The first-order chi connectivity index (χ1) is 12.6. The van der Waals surface area contributed by atoms with Crippen molar-refractivity contribution in [2.45, 2.75) is 31.2 Å². The van der Waals surface area contributed by atoms with Crippen molar-refractivity contribution in [1.29, 1.82) is 0 Å². The smallest absolute Gasteiger partial charge is 0.270 e. The monoisotopic (exact) mass is 392 g/mol. The number of carbonyl (C=O) groups excluding carboxylic acids is 1. The van der Waals surface area contributed by atoms with Crippen molar-refractivity contribution in [3.05, 3.63) is 52.4 Å². The molecule has 0 saturated carbocycles. The summed E-state index contributed by atoms with van der Waals surface area (Å²) in [5.74, 6) is -3.69. The first kappa shape index (κ1) is 19.3. The second-order valence-corrected chi connectivity index (χ2v) is 7.96. The van der Waals surface area contributed by atoms with Gasteiger partial charge in [-0.3, -0.25) is 9.69 Å². The number of hydrogen-bond donors (Lipinski definition) is 2. The number of likely N-dealkylation sites (N-methyl/N-ethyl adjacent to an activating group) is 1. The maximum atomic E-state index is 13.6. The number of nitrogens with two attached hydrogens (primary N) is 1. The lowest BCUT2D eigenvalue weighted by molar-refractivity contribution is -0.130. The number of guanidine groups is 1. The number of aliphatic imine (C=N–C) groups is 1. The molecule has 3 rings (SSSR count). The highest BCUT2D eigenvalue weighted by Crippen LogP contribution is 2.47. The molecule has 1 aromatic heterocycles. The molecule has 144 valence electrons. The number of anilines is 1. The number of carbonyl (C=O) groups is 1. The van der Waals surface area contributed by atoms with Crippen molar-refractivity contribution in [3.8, 4) is 0 Å². The number of nitrogens with one attached hydrogen (secondary N) is 1. The van der Waals surface area contributed by atoms with Gasteiger partial charge in [-0.25, -0.2) is 13.8 Å². The number of rotatable bonds is 4. The van der Waals surface area contributed by atoms with Gasteiger partial charge in [0.2, 0.25) is 5.91 Å². The molecule has 8 heteroatoms. The summed E-state index contributed by atoms with van der Waals surface area (Å²) < 4.78 is 27.1. The molecule has 1 aromatic carbocycles. The molecule has 1 aliphatic heterocycles. The standard InChI is InChI=1S/C19H22F2N4OS/c1-18(13-9-10-14(23-3)27-13)15(16(26)25(4)17(22)24-18)11-5-7-12(8-6-11)19(2,20)21/h5-10,15,23H,1-4H3,(H2,22,24)/t15-,18+/m0/s1. The molecule has 0 radical (unpaired) electrons. The summed E-state index contributed by atoms with van der Waals surface area (Å²) in [6, 6.07) is 9.69. The molecule has 5 nitrogen and oxygen atoms in total. The van der Waals surface area contributed by atoms with Gasteiger partial charge in [-0.1, -0.05) is 24.3 Å². The zero-order valence-electron chi connectivity index (χ0n) is 15.6. The third kappa shape index (κ3) is 3.29. The van der Waals surface area contributed by atoms with Crippen molar-refractivity contribution in [3.63, 3.8) is 0 Å². The second kappa shape index (κ2) is 6.60. The Kier molecular flexibility index (Phi) is 4.71. The Hall–Kier alpha value is -2.48. The number of benzene rings is 1. The SMILES string of the molecule is CNc1ccc([C@@]2(C)N=C(N)N(C)C(=O)[C@@H]2c2ccc(C(C)(F)F)cc2)s1. The molecule has 0 saturated heterocycles. The molecular weight excluding hydrogens is 370 g/mol. The highest BCUT2D eigenvalue weighted by atomic mass is 32.1. The largest absolute Gasteiger partial charge is 0.380 e. The van der Waals surface area contributed by atoms with E-state index < -0.39 is 17.4 Å². The van der Waals surface area contributed by atoms with Crippen LogP contribution in [-0.4, -0.2) is 30.9 Å². The highest BCUT2D eigenvalue weighted by molar-refractivity contribution is 7.16. The molecule has 0 bridgehead atoms. The lowest BCUT2D eigenvalue weighted by atomic mass is 9.77. The zero-order chi connectivity index (χ0) is 20.0. The van der Waals surface area contributed by atoms with E-state index in [1.54, 1.807) is 19.2 Å². The summed E-state index contributed by atoms with van der Waals surface area (Å²) in [4.78, 5) is 19.9. The Morgan fingerprint density at radius 3 is 2.41 bits per heavy atom. The van der Waals surface area contributed by atoms with E-state index in [1.165, 1.54) is 28.4 Å². The quantitative estimate of drug-likeness (QED) is 0.834. The van der Waals surface area contributed by atoms with E-state index in [4.69, 9.17) is 5.73 Å². The third-order valence-electron chi connectivity index (χ3n) is 4.93. The molecule has 2 atom stereocenters. The molecule has 2 heterocycles. The number of halogens is 2. The van der Waals surface area contributed by atoms with Crippen molar-refractivity contribution < 1.29 is 13.6 Å². The van der Waals surface area contributed by atoms with Crippen molar-refractivity contribution in [2.24, 2.45) is 10.7 Å². The van der Waals surface area contributed by atoms with Crippen LogP contribution in [-0.2, 0) is 16.3 Å². The first-order valence-corrected chi connectivity index (χ1v) is 9.29. The second-order valence-electron chi connectivity index (χ2n) is 6.87. The average molecular weight is 392 g/mol. The van der Waals surface area contributed by atoms with E-state index in [0.717, 1.165) is 16.8 Å². The van der Waals surface area contributed by atoms with E-state index in [2.05, 4.69) is 10.3 Å². The minimum Gasteiger partial charge on any atom is -0.380 e. The third-order valence-corrected chi connectivity index (χ3v) is 6.26. The Bertz CT molecular complexity index is 888. The van der Waals surface area contributed by atoms with Crippen LogP contribution < -0.4 is 11.1 Å². The number of hydrogen-bond acceptors (Lipinski definition) is 5. The first-order valence-electron chi connectivity index (χ1n) is 8.47. The van der Waals surface area contributed by atoms with E-state index in [0.29, 0.717) is 5.56 Å². The van der Waals surface area contributed by atoms with Gasteiger partial charge in [-0.15, -0.1) is 11.3 Å². The molecule has 27 heavy (non-hydrogen) atoms. The van der Waals surface area contributed by atoms with Crippen LogP contribution in [0.25, 0.3) is 0 Å². The normalized spacial score (nSPS) is 23.3. The van der Waals surface area contributed by atoms with E-state index in [9.17, 15) is 13.6 Å². The Balaban J connectivity index is 2.13. The van der Waals surface area contributed by atoms with Crippen LogP contribution in [0.1, 0.15) is 35.8 Å². The molecule has 0 fully saturated rings. The van der Waals surface area contributed by atoms with Crippen LogP contribution in [0.2, 0.25) is 0 Å². The summed E-state index contributed by atoms with van der Waals surface area (Å²) in [6.07, 6.45) is 0. The molecule has 0 aliphatic carbocycles. The fourth-order valence-electron chi connectivity index (χ4n) is 3.30. The lowest BCUT2D eigenvalue weighted by Crippen LogP contribution is -2.52. The van der Waals surface area contributed by atoms with Crippen LogP contribution in [0, 0.1) is 0 Å². The predicted molar refractivity (Wildman–Crippen MR) is 104 cm³/mol. The van der Waals surface area contributed by atoms with E-state index in [-0.39, 0.29) is 17.4 Å². The summed E-state index contributed by atoms with van der Waals surface area (Å²) >= 11 is 1.48. The summed E-state index contributed by atoms with van der Waals surface area (Å²) in [6.45, 7) is 2.70. The molecule has 3 N–H and O–H groups in total. The minimum atomic E-state index is -2.94. The number of alkyl halides is 2. The molecule has 2 aromatic rings. The van der Waals surface area contributed by atoms with Gasteiger partial charge in [-0.2, -0.15) is 0 Å². The number of thiophene rings is 1. The van der Waals surface area contributed by atoms with Crippen molar-refractivity contribution in [2.75, 3.05) is 19.4 Å². The van der Waals surface area contributed by atoms with E-state index in [1.807, 2.05) is 26.1 Å². The van der Waals surface area contributed by atoms with Gasteiger partial charge in [0.25, 0.3) is 5.92 Å². The molecular formula is C19H22F2N4OS. The van der Waals surface area contributed by atoms with Crippen LogP contribution in [0.5, 0.6) is 0 Å². The van der Waals surface area contributed by atoms with Gasteiger partial charge in [0, 0.05) is 31.5 Å². The van der Waals surface area contributed by atoms with Crippen molar-refractivity contribution >= 4 is 28.2 Å². The molecule has 0 spiro atoms. The minimum absolute atomic E-state index is 0.0961. The van der Waals surface area contributed by atoms with E-state index >= 15 is 0 Å². The Morgan fingerprint density at radius 2 is 1.89 bits per heavy atom. The number of amides is 1. The lowest BCUT2D eigenvalue weighted by Gasteiger charge is -2.40. The number of nitrogens with zero attached hydrogens (tertiary/aromatic N) is 2. The Morgan fingerprint density at radius 1 is 1.26 bits per heavy atom. The van der Waals surface area contributed by atoms with Gasteiger partial charge < -0.3 is 11.1 Å². The van der Waals surface area contributed by atoms with Gasteiger partial charge in [0.15, 0.2) is 5.96 Å².